The summed E-state index contributed by atoms with van der Waals surface area (Å²) in [7, 11) is 0. The van der Waals surface area contributed by atoms with Gasteiger partial charge in [-0.05, 0) is 37.3 Å². The molecule has 0 aromatic heterocycles. The number of amides is 1. The van der Waals surface area contributed by atoms with Crippen LogP contribution in [0.1, 0.15) is 37.4 Å². The molecular weight excluding hydrogens is 515 g/mol. The average molecular weight is 549 g/mol. The highest BCUT2D eigenvalue weighted by Crippen LogP contribution is 2.45. The van der Waals surface area contributed by atoms with Gasteiger partial charge in [-0.15, -0.1) is 0 Å². The van der Waals surface area contributed by atoms with Gasteiger partial charge in [-0.25, -0.2) is 14.2 Å². The Kier molecular flexibility index (Phi) is 8.47. The largest absolute Gasteiger partial charge is 0.463 e. The van der Waals surface area contributed by atoms with Gasteiger partial charge in [-0.1, -0.05) is 60.3 Å². The summed E-state index contributed by atoms with van der Waals surface area (Å²) >= 11 is 1.39. The molecule has 2 aromatic rings. The number of nitrogens with zero attached hydrogens (tertiary/aromatic N) is 4. The lowest BCUT2D eigenvalue weighted by atomic mass is 9.93. The van der Waals surface area contributed by atoms with E-state index in [0.717, 1.165) is 26.1 Å². The molecule has 3 aliphatic heterocycles. The SMILES string of the molecule is CCOC(=O)C1=C(C)N=C2SC=C(CC(=O)N3CCN(CCc4ccccc4)CC3)N2[C@@H]1c1ccccc1F. The number of thioether (sulfide) groups is 1. The molecule has 0 saturated carbocycles. The van der Waals surface area contributed by atoms with Gasteiger partial charge < -0.3 is 14.5 Å². The molecule has 3 aliphatic rings. The number of piperazine rings is 1. The van der Waals surface area contributed by atoms with Gasteiger partial charge >= 0.3 is 5.97 Å². The van der Waals surface area contributed by atoms with Crippen molar-refractivity contribution in [3.05, 3.63) is 93.9 Å². The van der Waals surface area contributed by atoms with Gasteiger partial charge in [-0.3, -0.25) is 9.69 Å². The highest BCUT2D eigenvalue weighted by Gasteiger charge is 2.42. The summed E-state index contributed by atoms with van der Waals surface area (Å²) in [6.07, 6.45) is 1.14. The molecule has 1 fully saturated rings. The molecule has 0 unspecified atom stereocenters. The lowest BCUT2D eigenvalue weighted by Crippen LogP contribution is -2.49. The van der Waals surface area contributed by atoms with Crippen molar-refractivity contribution in [1.82, 2.24) is 14.7 Å². The fourth-order valence-electron chi connectivity index (χ4n) is 5.25. The maximum atomic E-state index is 15.1. The van der Waals surface area contributed by atoms with Gasteiger partial charge in [-0.2, -0.15) is 0 Å². The lowest BCUT2D eigenvalue weighted by molar-refractivity contribution is -0.139. The number of hydrogen-bond donors (Lipinski definition) is 0. The number of hydrogen-bond acceptors (Lipinski definition) is 7. The van der Waals surface area contributed by atoms with Gasteiger partial charge in [0.05, 0.1) is 30.3 Å². The quantitative estimate of drug-likeness (QED) is 0.444. The van der Waals surface area contributed by atoms with Crippen molar-refractivity contribution in [2.45, 2.75) is 32.7 Å². The van der Waals surface area contributed by atoms with Crippen LogP contribution in [0, 0.1) is 5.82 Å². The average Bonchev–Trinajstić information content (AvgIpc) is 3.34. The topological polar surface area (TPSA) is 65.5 Å². The number of amidine groups is 1. The maximum absolute atomic E-state index is 15.1. The molecule has 1 atom stereocenters. The van der Waals surface area contributed by atoms with Crippen LogP contribution >= 0.6 is 11.8 Å². The first-order valence-corrected chi connectivity index (χ1v) is 14.2. The van der Waals surface area contributed by atoms with Crippen LogP contribution in [0.25, 0.3) is 0 Å². The molecule has 204 valence electrons. The summed E-state index contributed by atoms with van der Waals surface area (Å²) in [6, 6.07) is 16.1. The molecule has 5 rings (SSSR count). The minimum atomic E-state index is -0.762. The fourth-order valence-corrected chi connectivity index (χ4v) is 6.21. The summed E-state index contributed by atoms with van der Waals surface area (Å²) in [5.41, 5.74) is 3.15. The van der Waals surface area contributed by atoms with E-state index in [1.54, 1.807) is 32.0 Å². The van der Waals surface area contributed by atoms with E-state index in [4.69, 9.17) is 4.74 Å². The molecule has 7 nitrogen and oxygen atoms in total. The van der Waals surface area contributed by atoms with Crippen LogP contribution < -0.4 is 0 Å². The zero-order valence-electron chi connectivity index (χ0n) is 22.3. The van der Waals surface area contributed by atoms with E-state index in [-0.39, 0.29) is 18.9 Å². The first kappa shape index (κ1) is 27.1. The third-order valence-electron chi connectivity index (χ3n) is 7.31. The van der Waals surface area contributed by atoms with E-state index >= 15 is 4.39 Å². The molecular formula is C30H33FN4O3S. The second-order valence-electron chi connectivity index (χ2n) is 9.77. The van der Waals surface area contributed by atoms with Crippen LogP contribution in [0.5, 0.6) is 0 Å². The van der Waals surface area contributed by atoms with Crippen molar-refractivity contribution in [2.24, 2.45) is 4.99 Å². The molecule has 1 saturated heterocycles. The number of carbonyl (C=O) groups excluding carboxylic acids is 2. The number of ether oxygens (including phenoxy) is 1. The molecule has 0 bridgehead atoms. The minimum absolute atomic E-state index is 0.0158. The van der Waals surface area contributed by atoms with Crippen LogP contribution in [0.15, 0.2) is 82.0 Å². The van der Waals surface area contributed by atoms with E-state index < -0.39 is 17.8 Å². The van der Waals surface area contributed by atoms with Crippen molar-refractivity contribution >= 4 is 28.8 Å². The van der Waals surface area contributed by atoms with Crippen molar-refractivity contribution in [1.29, 1.82) is 0 Å². The Morgan fingerprint density at radius 3 is 2.49 bits per heavy atom. The van der Waals surface area contributed by atoms with Gasteiger partial charge in [0.2, 0.25) is 5.91 Å². The zero-order valence-corrected chi connectivity index (χ0v) is 23.1. The zero-order chi connectivity index (χ0) is 27.4. The number of esters is 1. The van der Waals surface area contributed by atoms with Crippen LogP contribution in [-0.4, -0.2) is 71.1 Å². The van der Waals surface area contributed by atoms with E-state index in [0.29, 0.717) is 40.8 Å². The third kappa shape index (κ3) is 5.94. The Morgan fingerprint density at radius 1 is 1.05 bits per heavy atom. The number of allylic oxidation sites excluding steroid dienone is 1. The highest BCUT2D eigenvalue weighted by atomic mass is 32.2. The van der Waals surface area contributed by atoms with Crippen molar-refractivity contribution in [3.8, 4) is 0 Å². The summed E-state index contributed by atoms with van der Waals surface area (Å²) in [4.78, 5) is 37.2. The third-order valence-corrected chi connectivity index (χ3v) is 8.20. The van der Waals surface area contributed by atoms with Crippen molar-refractivity contribution < 1.29 is 18.7 Å². The molecule has 1 amide bonds. The number of carbonyl (C=O) groups is 2. The van der Waals surface area contributed by atoms with E-state index in [9.17, 15) is 9.59 Å². The van der Waals surface area contributed by atoms with E-state index in [2.05, 4.69) is 34.2 Å². The number of benzene rings is 2. The Balaban J connectivity index is 1.28. The Hall–Kier alpha value is -3.43. The lowest BCUT2D eigenvalue weighted by Gasteiger charge is -2.38. The summed E-state index contributed by atoms with van der Waals surface area (Å²) in [6.45, 7) is 7.63. The van der Waals surface area contributed by atoms with Gasteiger partial charge in [0.1, 0.15) is 5.82 Å². The molecule has 0 N–H and O–H groups in total. The molecule has 39 heavy (non-hydrogen) atoms. The second kappa shape index (κ2) is 12.2. The highest BCUT2D eigenvalue weighted by molar-refractivity contribution is 8.16. The number of halogens is 1. The van der Waals surface area contributed by atoms with Crippen LogP contribution in [0.2, 0.25) is 0 Å². The minimum Gasteiger partial charge on any atom is -0.463 e. The smallest absolute Gasteiger partial charge is 0.338 e. The predicted octanol–water partition coefficient (Wildman–Crippen LogP) is 4.74. The fraction of sp³-hybridized carbons (Fsp3) is 0.367. The van der Waals surface area contributed by atoms with Crippen LogP contribution in [-0.2, 0) is 20.7 Å². The van der Waals surface area contributed by atoms with Gasteiger partial charge in [0.15, 0.2) is 5.17 Å². The molecule has 0 radical (unpaired) electrons. The maximum Gasteiger partial charge on any atom is 0.338 e. The van der Waals surface area contributed by atoms with Crippen LogP contribution in [0.4, 0.5) is 4.39 Å². The van der Waals surface area contributed by atoms with Gasteiger partial charge in [0, 0.05) is 44.0 Å². The first-order valence-electron chi connectivity index (χ1n) is 13.4. The van der Waals surface area contributed by atoms with Crippen molar-refractivity contribution in [2.75, 3.05) is 39.3 Å². The number of rotatable bonds is 8. The summed E-state index contributed by atoms with van der Waals surface area (Å²) in [5, 5.41) is 2.52. The Bertz CT molecular complexity index is 1320. The summed E-state index contributed by atoms with van der Waals surface area (Å²) in [5.74, 6) is -0.935. The Labute approximate surface area is 233 Å². The molecule has 9 heteroatoms. The monoisotopic (exact) mass is 548 g/mol. The van der Waals surface area contributed by atoms with Crippen molar-refractivity contribution in [3.63, 3.8) is 0 Å². The summed E-state index contributed by atoms with van der Waals surface area (Å²) < 4.78 is 20.5. The normalized spacial score (nSPS) is 19.5. The number of aliphatic imine (C=N–C) groups is 1. The number of fused-ring (bicyclic) bond motifs is 1. The molecule has 0 aliphatic carbocycles. The predicted molar refractivity (Wildman–Crippen MR) is 151 cm³/mol. The first-order chi connectivity index (χ1) is 19.0. The molecule has 2 aromatic carbocycles. The standard InChI is InChI=1S/C30H33FN4O3S/c1-3-38-29(37)27-21(2)32-30-35(28(27)24-11-7-8-12-25(24)31)23(20-39-30)19-26(36)34-17-15-33(16-18-34)14-13-22-9-5-4-6-10-22/h4-12,20,28H,3,13-19H2,1-2H3/t28-/m1/s1. The second-order valence-corrected chi connectivity index (χ2v) is 10.6. The molecule has 3 heterocycles. The van der Waals surface area contributed by atoms with E-state index in [1.807, 2.05) is 21.3 Å². The molecule has 0 spiro atoms. The van der Waals surface area contributed by atoms with E-state index in [1.165, 1.54) is 23.4 Å². The Morgan fingerprint density at radius 2 is 1.77 bits per heavy atom. The van der Waals surface area contributed by atoms with Gasteiger partial charge in [0.25, 0.3) is 0 Å². The van der Waals surface area contributed by atoms with Crippen LogP contribution in [0.3, 0.4) is 0 Å².